The second kappa shape index (κ2) is 11.7. The highest BCUT2D eigenvalue weighted by atomic mass is 35.5. The number of halogens is 1. The molecular formula is C29H39ClN4O5SSi. The number of rotatable bonds is 11. The molecule has 41 heavy (non-hydrogen) atoms. The Morgan fingerprint density at radius 3 is 2.61 bits per heavy atom. The smallest absolute Gasteiger partial charge is 0.410 e. The molecule has 2 aromatic carbocycles. The standard InChI is InChI=1S/C29H39ClN4O5SSi/c1-29(11-12-29)33(21-38-14-15-41(2,3)4)40(36,37)24-16-26(30)25-18-31-34(27(25)17-24)23-10-13-32(19-23)28(35)39-20-22-8-6-5-7-9-22/h5-9,16-18,23H,10-15,19-21H2,1-4H3. The molecule has 9 nitrogen and oxygen atoms in total. The van der Waals surface area contributed by atoms with Crippen LogP contribution in [0.3, 0.4) is 0 Å². The van der Waals surface area contributed by atoms with Crippen LogP contribution in [-0.4, -0.2) is 73.5 Å². The van der Waals surface area contributed by atoms with Gasteiger partial charge in [-0.1, -0.05) is 61.6 Å². The fourth-order valence-electron chi connectivity index (χ4n) is 5.04. The number of carbonyl (C=O) groups excluding carboxylic acids is 1. The summed E-state index contributed by atoms with van der Waals surface area (Å²) in [5.74, 6) is 0. The van der Waals surface area contributed by atoms with E-state index in [4.69, 9.17) is 21.1 Å². The quantitative estimate of drug-likeness (QED) is 0.146. The minimum atomic E-state index is -3.89. The molecule has 1 aromatic heterocycles. The van der Waals surface area contributed by atoms with Crippen molar-refractivity contribution in [3.8, 4) is 0 Å². The zero-order valence-electron chi connectivity index (χ0n) is 24.2. The Balaban J connectivity index is 1.33. The van der Waals surface area contributed by atoms with Crippen molar-refractivity contribution < 1.29 is 22.7 Å². The summed E-state index contributed by atoms with van der Waals surface area (Å²) in [6.45, 7) is 10.5. The van der Waals surface area contributed by atoms with E-state index in [1.165, 1.54) is 10.4 Å². The zero-order chi connectivity index (χ0) is 29.4. The van der Waals surface area contributed by atoms with Gasteiger partial charge in [-0.05, 0) is 49.9 Å². The van der Waals surface area contributed by atoms with Gasteiger partial charge in [0.05, 0.1) is 27.7 Å². The van der Waals surface area contributed by atoms with Gasteiger partial charge in [0.2, 0.25) is 10.0 Å². The van der Waals surface area contributed by atoms with Gasteiger partial charge < -0.3 is 14.4 Å². The Bertz CT molecular complexity index is 1500. The van der Waals surface area contributed by atoms with Crippen LogP contribution in [0.25, 0.3) is 10.9 Å². The molecule has 1 aliphatic carbocycles. The predicted octanol–water partition coefficient (Wildman–Crippen LogP) is 6.13. The van der Waals surface area contributed by atoms with E-state index in [-0.39, 0.29) is 30.4 Å². The highest BCUT2D eigenvalue weighted by Crippen LogP contribution is 2.44. The minimum absolute atomic E-state index is 0.0148. The summed E-state index contributed by atoms with van der Waals surface area (Å²) in [6, 6.07) is 13.5. The third-order valence-electron chi connectivity index (χ3n) is 7.98. The maximum absolute atomic E-state index is 14.0. The number of nitrogens with zero attached hydrogens (tertiary/aromatic N) is 4. The number of fused-ring (bicyclic) bond motifs is 1. The molecule has 1 unspecified atom stereocenters. The summed E-state index contributed by atoms with van der Waals surface area (Å²) in [5, 5.41) is 5.56. The average molecular weight is 619 g/mol. The molecule has 222 valence electrons. The predicted molar refractivity (Wildman–Crippen MR) is 162 cm³/mol. The molecule has 1 saturated carbocycles. The Labute approximate surface area is 248 Å². The summed E-state index contributed by atoms with van der Waals surface area (Å²) in [5.41, 5.74) is 1.08. The normalized spacial score (nSPS) is 18.8. The SMILES string of the molecule is CC1(N(COCC[Si](C)(C)C)S(=O)(=O)c2cc(Cl)c3cnn(C4CCN(C(=O)OCc5ccccc5)C4)c3c2)CC1. The number of carbonyl (C=O) groups is 1. The molecule has 0 radical (unpaired) electrons. The van der Waals surface area contributed by atoms with Crippen LogP contribution >= 0.6 is 11.6 Å². The fourth-order valence-corrected chi connectivity index (χ4v) is 7.88. The van der Waals surface area contributed by atoms with Crippen molar-refractivity contribution in [1.82, 2.24) is 19.0 Å². The van der Waals surface area contributed by atoms with Crippen molar-refractivity contribution in [2.45, 2.75) is 75.0 Å². The molecule has 12 heteroatoms. The number of hydrogen-bond acceptors (Lipinski definition) is 6. The highest BCUT2D eigenvalue weighted by Gasteiger charge is 2.49. The number of likely N-dealkylation sites (tertiary alicyclic amines) is 1. The van der Waals surface area contributed by atoms with Gasteiger partial charge in [0.25, 0.3) is 0 Å². The molecule has 2 aliphatic rings. The van der Waals surface area contributed by atoms with Crippen LogP contribution in [0.15, 0.2) is 53.6 Å². The molecular weight excluding hydrogens is 580 g/mol. The third kappa shape index (κ3) is 6.80. The van der Waals surface area contributed by atoms with Crippen LogP contribution in [0.1, 0.15) is 37.8 Å². The Hall–Kier alpha value is -2.44. The fraction of sp³-hybridized carbons (Fsp3) is 0.517. The van der Waals surface area contributed by atoms with Gasteiger partial charge in [0, 0.05) is 38.7 Å². The molecule has 0 N–H and O–H groups in total. The first-order chi connectivity index (χ1) is 19.4. The number of amides is 1. The molecule has 5 rings (SSSR count). The molecule has 3 aromatic rings. The molecule has 1 aliphatic heterocycles. The Kier molecular flexibility index (Phi) is 8.55. The van der Waals surface area contributed by atoms with Crippen molar-refractivity contribution >= 4 is 46.7 Å². The summed E-state index contributed by atoms with van der Waals surface area (Å²) in [6.07, 6.45) is 3.52. The van der Waals surface area contributed by atoms with Gasteiger partial charge in [-0.3, -0.25) is 4.68 Å². The van der Waals surface area contributed by atoms with Gasteiger partial charge >= 0.3 is 6.09 Å². The van der Waals surface area contributed by atoms with Gasteiger partial charge in [-0.15, -0.1) is 0 Å². The van der Waals surface area contributed by atoms with E-state index in [1.807, 2.05) is 37.3 Å². The van der Waals surface area contributed by atoms with Crippen LogP contribution in [0.4, 0.5) is 4.79 Å². The largest absolute Gasteiger partial charge is 0.445 e. The first-order valence-corrected chi connectivity index (χ1v) is 19.6. The molecule has 1 amide bonds. The third-order valence-corrected chi connectivity index (χ3v) is 12.0. The second-order valence-electron chi connectivity index (χ2n) is 12.6. The lowest BCUT2D eigenvalue weighted by molar-refractivity contribution is 0.0591. The summed E-state index contributed by atoms with van der Waals surface area (Å²) in [7, 11) is -5.20. The van der Waals surface area contributed by atoms with E-state index in [2.05, 4.69) is 24.7 Å². The maximum Gasteiger partial charge on any atom is 0.410 e. The van der Waals surface area contributed by atoms with Crippen molar-refractivity contribution in [2.75, 3.05) is 26.4 Å². The van der Waals surface area contributed by atoms with Crippen LogP contribution in [-0.2, 0) is 26.1 Å². The summed E-state index contributed by atoms with van der Waals surface area (Å²) < 4.78 is 42.7. The lowest BCUT2D eigenvalue weighted by atomic mass is 10.2. The zero-order valence-corrected chi connectivity index (χ0v) is 26.7. The molecule has 0 spiro atoms. The average Bonchev–Trinajstić information content (AvgIpc) is 3.28. The van der Waals surface area contributed by atoms with Crippen LogP contribution in [0.2, 0.25) is 30.7 Å². The number of benzene rings is 2. The molecule has 2 fully saturated rings. The summed E-state index contributed by atoms with van der Waals surface area (Å²) >= 11 is 6.63. The Morgan fingerprint density at radius 2 is 1.93 bits per heavy atom. The van der Waals surface area contributed by atoms with Crippen molar-refractivity contribution in [1.29, 1.82) is 0 Å². The molecule has 1 atom stereocenters. The van der Waals surface area contributed by atoms with Crippen LogP contribution in [0, 0.1) is 0 Å². The lowest BCUT2D eigenvalue weighted by Crippen LogP contribution is -2.42. The van der Waals surface area contributed by atoms with Gasteiger partial charge in [-0.2, -0.15) is 9.40 Å². The van der Waals surface area contributed by atoms with E-state index in [0.29, 0.717) is 42.0 Å². The van der Waals surface area contributed by atoms with E-state index in [1.54, 1.807) is 21.8 Å². The van der Waals surface area contributed by atoms with Gasteiger partial charge in [-0.25, -0.2) is 13.2 Å². The molecule has 0 bridgehead atoms. The number of hydrogen-bond donors (Lipinski definition) is 0. The minimum Gasteiger partial charge on any atom is -0.445 e. The Morgan fingerprint density at radius 1 is 1.20 bits per heavy atom. The number of ether oxygens (including phenoxy) is 2. The lowest BCUT2D eigenvalue weighted by Gasteiger charge is -2.28. The van der Waals surface area contributed by atoms with Crippen molar-refractivity contribution in [2.24, 2.45) is 0 Å². The van der Waals surface area contributed by atoms with Gasteiger partial charge in [0.15, 0.2) is 0 Å². The topological polar surface area (TPSA) is 94.0 Å². The second-order valence-corrected chi connectivity index (χ2v) is 20.4. The maximum atomic E-state index is 14.0. The molecule has 1 saturated heterocycles. The van der Waals surface area contributed by atoms with E-state index in [0.717, 1.165) is 24.4 Å². The van der Waals surface area contributed by atoms with Crippen molar-refractivity contribution in [3.63, 3.8) is 0 Å². The first kappa shape index (κ1) is 30.0. The van der Waals surface area contributed by atoms with Gasteiger partial charge in [0.1, 0.15) is 13.3 Å². The monoisotopic (exact) mass is 618 g/mol. The number of sulfonamides is 1. The number of aromatic nitrogens is 2. The summed E-state index contributed by atoms with van der Waals surface area (Å²) in [4.78, 5) is 14.5. The van der Waals surface area contributed by atoms with Crippen LogP contribution < -0.4 is 0 Å². The molecule has 2 heterocycles. The van der Waals surface area contributed by atoms with Crippen molar-refractivity contribution in [3.05, 3.63) is 59.2 Å². The van der Waals surface area contributed by atoms with E-state index < -0.39 is 23.6 Å². The first-order valence-electron chi connectivity index (χ1n) is 14.1. The highest BCUT2D eigenvalue weighted by molar-refractivity contribution is 7.89. The van der Waals surface area contributed by atoms with Crippen LogP contribution in [0.5, 0.6) is 0 Å². The van der Waals surface area contributed by atoms with E-state index >= 15 is 0 Å². The van der Waals surface area contributed by atoms with E-state index in [9.17, 15) is 13.2 Å².